The number of hydrogen-bond donors (Lipinski definition) is 0. The van der Waals surface area contributed by atoms with E-state index in [2.05, 4.69) is 9.80 Å². The van der Waals surface area contributed by atoms with Crippen molar-refractivity contribution in [3.8, 4) is 5.75 Å². The molecule has 2 unspecified atom stereocenters. The van der Waals surface area contributed by atoms with Crippen molar-refractivity contribution in [3.63, 3.8) is 0 Å². The summed E-state index contributed by atoms with van der Waals surface area (Å²) in [6, 6.07) is 4.69. The van der Waals surface area contributed by atoms with Crippen LogP contribution in [0.2, 0.25) is 0 Å². The van der Waals surface area contributed by atoms with E-state index in [1.807, 2.05) is 26.0 Å². The van der Waals surface area contributed by atoms with Crippen LogP contribution in [0.3, 0.4) is 0 Å². The number of rotatable bonds is 7. The van der Waals surface area contributed by atoms with E-state index in [0.717, 1.165) is 44.8 Å². The van der Waals surface area contributed by atoms with Crippen LogP contribution >= 0.6 is 0 Å². The molecule has 0 N–H and O–H groups in total. The second kappa shape index (κ2) is 9.39. The standard InChI is InChI=1S/C24H32FN3O3/c1-17(2)31-22-9-8-18(25)16-21(22)27-14-12-26(13-15-27)10-5-11-28-23(29)19-6-3-4-7-20(19)24(28)30/h3-4,8-9,16-17,19-20H,5-7,10-15H2,1-2H3. The molecule has 1 aromatic rings. The van der Waals surface area contributed by atoms with E-state index in [1.54, 1.807) is 12.1 Å². The summed E-state index contributed by atoms with van der Waals surface area (Å²) in [6.45, 7) is 8.56. The Morgan fingerprint density at radius 2 is 1.65 bits per heavy atom. The van der Waals surface area contributed by atoms with E-state index >= 15 is 0 Å². The van der Waals surface area contributed by atoms with Crippen molar-refractivity contribution in [2.75, 3.05) is 44.2 Å². The SMILES string of the molecule is CC(C)Oc1ccc(F)cc1N1CCN(CCCN2C(=O)C3CC=CCC3C2=O)CC1. The highest BCUT2D eigenvalue weighted by Crippen LogP contribution is 2.35. The second-order valence-corrected chi connectivity index (χ2v) is 8.94. The Morgan fingerprint density at radius 1 is 1.00 bits per heavy atom. The molecule has 2 heterocycles. The summed E-state index contributed by atoms with van der Waals surface area (Å²) in [5, 5.41) is 0. The summed E-state index contributed by atoms with van der Waals surface area (Å²) in [7, 11) is 0. The number of fused-ring (bicyclic) bond motifs is 1. The number of hydrogen-bond acceptors (Lipinski definition) is 5. The number of halogens is 1. The molecular weight excluding hydrogens is 397 g/mol. The highest BCUT2D eigenvalue weighted by atomic mass is 19.1. The lowest BCUT2D eigenvalue weighted by atomic mass is 9.85. The first-order valence-electron chi connectivity index (χ1n) is 11.4. The predicted molar refractivity (Wildman–Crippen MR) is 118 cm³/mol. The van der Waals surface area contributed by atoms with Crippen LogP contribution in [0.5, 0.6) is 5.75 Å². The Balaban J connectivity index is 1.26. The number of carbonyl (C=O) groups is 2. The van der Waals surface area contributed by atoms with Gasteiger partial charge in [0.05, 0.1) is 23.6 Å². The predicted octanol–water partition coefficient (Wildman–Crippen LogP) is 3.08. The van der Waals surface area contributed by atoms with Gasteiger partial charge in [-0.2, -0.15) is 0 Å². The molecule has 2 fully saturated rings. The van der Waals surface area contributed by atoms with E-state index in [0.29, 0.717) is 25.1 Å². The smallest absolute Gasteiger partial charge is 0.233 e. The summed E-state index contributed by atoms with van der Waals surface area (Å²) in [5.74, 6) is 0.182. The van der Waals surface area contributed by atoms with Crippen LogP contribution in [-0.4, -0.2) is 67.0 Å². The molecule has 3 aliphatic rings. The summed E-state index contributed by atoms with van der Waals surface area (Å²) >= 11 is 0. The minimum Gasteiger partial charge on any atom is -0.489 e. The molecule has 31 heavy (non-hydrogen) atoms. The van der Waals surface area contributed by atoms with Crippen molar-refractivity contribution in [3.05, 3.63) is 36.2 Å². The van der Waals surface area contributed by atoms with Gasteiger partial charge in [0.2, 0.25) is 11.8 Å². The molecule has 4 rings (SSSR count). The van der Waals surface area contributed by atoms with Crippen molar-refractivity contribution in [1.29, 1.82) is 0 Å². The lowest BCUT2D eigenvalue weighted by Crippen LogP contribution is -2.47. The van der Waals surface area contributed by atoms with Crippen molar-refractivity contribution < 1.29 is 18.7 Å². The van der Waals surface area contributed by atoms with E-state index in [4.69, 9.17) is 4.74 Å². The lowest BCUT2D eigenvalue weighted by Gasteiger charge is -2.37. The van der Waals surface area contributed by atoms with Crippen LogP contribution in [0.4, 0.5) is 10.1 Å². The molecule has 168 valence electrons. The number of imide groups is 1. The minimum absolute atomic E-state index is 0.00737. The normalized spacial score (nSPS) is 24.3. The maximum atomic E-state index is 13.8. The van der Waals surface area contributed by atoms with Gasteiger partial charge >= 0.3 is 0 Å². The van der Waals surface area contributed by atoms with Crippen LogP contribution in [0.15, 0.2) is 30.4 Å². The van der Waals surface area contributed by atoms with Crippen molar-refractivity contribution in [2.45, 2.75) is 39.2 Å². The van der Waals surface area contributed by atoms with E-state index in [-0.39, 0.29) is 35.6 Å². The van der Waals surface area contributed by atoms with Crippen LogP contribution in [0, 0.1) is 17.7 Å². The average molecular weight is 430 g/mol. The number of benzene rings is 1. The molecule has 2 atom stereocenters. The third kappa shape index (κ3) is 4.76. The number of allylic oxidation sites excluding steroid dienone is 2. The van der Waals surface area contributed by atoms with Gasteiger partial charge in [-0.1, -0.05) is 12.2 Å². The van der Waals surface area contributed by atoms with Crippen LogP contribution in [-0.2, 0) is 9.59 Å². The maximum absolute atomic E-state index is 13.8. The van der Waals surface area contributed by atoms with Gasteiger partial charge < -0.3 is 9.64 Å². The van der Waals surface area contributed by atoms with Gasteiger partial charge in [0.15, 0.2) is 0 Å². The number of anilines is 1. The zero-order valence-corrected chi connectivity index (χ0v) is 18.4. The first kappa shape index (κ1) is 21.8. The minimum atomic E-state index is -0.260. The molecule has 2 saturated heterocycles. The molecule has 0 saturated carbocycles. The fourth-order valence-electron chi connectivity index (χ4n) is 4.85. The van der Waals surface area contributed by atoms with Crippen LogP contribution < -0.4 is 9.64 Å². The van der Waals surface area contributed by atoms with Crippen LogP contribution in [0.1, 0.15) is 33.1 Å². The Hall–Kier alpha value is -2.41. The summed E-state index contributed by atoms with van der Waals surface area (Å²) in [4.78, 5) is 31.2. The zero-order chi connectivity index (χ0) is 22.0. The Bertz CT molecular complexity index is 822. The number of amides is 2. The number of piperazine rings is 1. The summed E-state index contributed by atoms with van der Waals surface area (Å²) in [6.07, 6.45) is 6.23. The Kier molecular flexibility index (Phi) is 6.60. The summed E-state index contributed by atoms with van der Waals surface area (Å²) < 4.78 is 19.7. The molecule has 2 amide bonds. The van der Waals surface area contributed by atoms with Crippen LogP contribution in [0.25, 0.3) is 0 Å². The largest absolute Gasteiger partial charge is 0.489 e. The molecule has 0 spiro atoms. The first-order chi connectivity index (χ1) is 14.9. The van der Waals surface area contributed by atoms with Gasteiger partial charge in [-0.05, 0) is 51.8 Å². The van der Waals surface area contributed by atoms with Crippen molar-refractivity contribution in [1.82, 2.24) is 9.80 Å². The highest BCUT2D eigenvalue weighted by Gasteiger charge is 2.46. The number of nitrogens with zero attached hydrogens (tertiary/aromatic N) is 3. The fraction of sp³-hybridized carbons (Fsp3) is 0.583. The molecule has 1 aromatic carbocycles. The third-order valence-corrected chi connectivity index (χ3v) is 6.45. The lowest BCUT2D eigenvalue weighted by molar-refractivity contribution is -0.140. The molecular formula is C24H32FN3O3. The molecule has 6 nitrogen and oxygen atoms in total. The highest BCUT2D eigenvalue weighted by molar-refractivity contribution is 6.05. The molecule has 2 aliphatic heterocycles. The number of carbonyl (C=O) groups excluding carboxylic acids is 2. The van der Waals surface area contributed by atoms with Crippen molar-refractivity contribution in [2.24, 2.45) is 11.8 Å². The van der Waals surface area contributed by atoms with Gasteiger partial charge in [0.1, 0.15) is 11.6 Å². The summed E-state index contributed by atoms with van der Waals surface area (Å²) in [5.41, 5.74) is 0.804. The molecule has 0 radical (unpaired) electrons. The molecule has 0 bridgehead atoms. The Labute approximate surface area is 183 Å². The van der Waals surface area contributed by atoms with E-state index in [1.165, 1.54) is 11.0 Å². The second-order valence-electron chi connectivity index (χ2n) is 8.94. The molecule has 7 heteroatoms. The average Bonchev–Trinajstić information content (AvgIpc) is 3.00. The van der Waals surface area contributed by atoms with E-state index in [9.17, 15) is 14.0 Å². The zero-order valence-electron chi connectivity index (χ0n) is 18.4. The maximum Gasteiger partial charge on any atom is 0.233 e. The fourth-order valence-corrected chi connectivity index (χ4v) is 4.85. The van der Waals surface area contributed by atoms with Gasteiger partial charge in [-0.3, -0.25) is 19.4 Å². The molecule has 1 aliphatic carbocycles. The monoisotopic (exact) mass is 429 g/mol. The first-order valence-corrected chi connectivity index (χ1v) is 11.4. The molecule has 0 aromatic heterocycles. The number of likely N-dealkylation sites (tertiary alicyclic amines) is 1. The topological polar surface area (TPSA) is 53.1 Å². The van der Waals surface area contributed by atoms with Gasteiger partial charge in [-0.15, -0.1) is 0 Å². The van der Waals surface area contributed by atoms with Crippen molar-refractivity contribution >= 4 is 17.5 Å². The quantitative estimate of drug-likeness (QED) is 0.493. The third-order valence-electron chi connectivity index (χ3n) is 6.45. The van der Waals surface area contributed by atoms with Gasteiger partial charge in [0, 0.05) is 38.8 Å². The van der Waals surface area contributed by atoms with Gasteiger partial charge in [-0.25, -0.2) is 4.39 Å². The van der Waals surface area contributed by atoms with E-state index < -0.39 is 0 Å². The van der Waals surface area contributed by atoms with Gasteiger partial charge in [0.25, 0.3) is 0 Å². The Morgan fingerprint density at radius 3 is 2.26 bits per heavy atom. The number of ether oxygens (including phenoxy) is 1.